The van der Waals surface area contributed by atoms with Gasteiger partial charge >= 0.3 is 0 Å². The number of hydrogen-bond acceptors (Lipinski definition) is 17. The summed E-state index contributed by atoms with van der Waals surface area (Å²) in [6.07, 6.45) is 9.48. The van der Waals surface area contributed by atoms with Gasteiger partial charge in [0.15, 0.2) is 5.65 Å². The molecular formula is C75H72N16O8. The molecule has 5 amide bonds. The van der Waals surface area contributed by atoms with Crippen LogP contribution in [0.15, 0.2) is 202 Å². The Labute approximate surface area is 571 Å². The number of amides is 5. The predicted octanol–water partition coefficient (Wildman–Crippen LogP) is 10.5. The third kappa shape index (κ3) is 14.6. The van der Waals surface area contributed by atoms with Crippen LogP contribution >= 0.6 is 0 Å². The van der Waals surface area contributed by atoms with Crippen molar-refractivity contribution in [3.8, 4) is 68.9 Å². The van der Waals surface area contributed by atoms with Gasteiger partial charge < -0.3 is 51.8 Å². The highest BCUT2D eigenvalue weighted by molar-refractivity contribution is 6.08. The van der Waals surface area contributed by atoms with Crippen molar-refractivity contribution in [1.29, 1.82) is 0 Å². The van der Waals surface area contributed by atoms with Crippen LogP contribution in [0, 0.1) is 11.8 Å². The zero-order valence-electron chi connectivity index (χ0n) is 54.3. The Morgan fingerprint density at radius 3 is 1.52 bits per heavy atom. The quantitative estimate of drug-likeness (QED) is 0.0547. The predicted molar refractivity (Wildman–Crippen MR) is 376 cm³/mol. The number of para-hydroxylation sites is 3. The van der Waals surface area contributed by atoms with Gasteiger partial charge in [0.25, 0.3) is 11.8 Å². The van der Waals surface area contributed by atoms with E-state index in [2.05, 4.69) is 50.0 Å². The number of rotatable bonds is 15. The summed E-state index contributed by atoms with van der Waals surface area (Å²) in [5, 5.41) is 10.3. The maximum Gasteiger partial charge on any atom is 0.298 e. The van der Waals surface area contributed by atoms with Gasteiger partial charge in [0.1, 0.15) is 87.4 Å². The lowest BCUT2D eigenvalue weighted by Crippen LogP contribution is -2.42. The summed E-state index contributed by atoms with van der Waals surface area (Å²) in [7, 11) is 0. The topological polar surface area (TPSA) is 317 Å². The number of nitrogen functional groups attached to an aromatic ring is 3. The summed E-state index contributed by atoms with van der Waals surface area (Å²) in [6, 6.07) is 50.5. The van der Waals surface area contributed by atoms with Crippen molar-refractivity contribution in [2.75, 3.05) is 61.4 Å². The Hall–Kier alpha value is -12.7. The molecule has 0 aliphatic carbocycles. The first-order valence-corrected chi connectivity index (χ1v) is 32.3. The number of carbonyl (C=O) groups excluding carboxylic acids is 5. The first-order valence-electron chi connectivity index (χ1n) is 32.3. The van der Waals surface area contributed by atoms with Gasteiger partial charge in [-0.15, -0.1) is 0 Å². The molecule has 99 heavy (non-hydrogen) atoms. The molecule has 0 bridgehead atoms. The van der Waals surface area contributed by atoms with E-state index in [0.29, 0.717) is 102 Å². The molecule has 8 heterocycles. The van der Waals surface area contributed by atoms with Crippen LogP contribution in [-0.4, -0.2) is 129 Å². The van der Waals surface area contributed by atoms with Crippen LogP contribution in [0.3, 0.4) is 0 Å². The van der Waals surface area contributed by atoms with Crippen LogP contribution in [0.25, 0.3) is 33.5 Å². The van der Waals surface area contributed by atoms with Gasteiger partial charge in [-0.2, -0.15) is 10.2 Å². The summed E-state index contributed by atoms with van der Waals surface area (Å²) < 4.78 is 21.1. The maximum atomic E-state index is 13.7. The molecule has 4 aromatic heterocycles. The number of carbonyl (C=O) groups is 5. The number of primary amides is 1. The molecule has 0 spiro atoms. The molecule has 0 radical (unpaired) electrons. The highest BCUT2D eigenvalue weighted by Gasteiger charge is 2.46. The van der Waals surface area contributed by atoms with Crippen molar-refractivity contribution < 1.29 is 38.2 Å². The molecule has 10 aromatic rings. The standard InChI is InChI=1S/C26H23N5O3.C25H24N6O2.C24H25N5O3/c1-2-6-21(32)30-14-13-18(15-30)31-25-23(24(27)28-16-29-25)22(26(31)33)17-9-11-20(12-10-17)34-19-7-4-3-5-8-19;1-2-21(32)30-14-6-7-18(15-30)31-25-22(24(26)27-16-28-25)23(29-31)17-10-12-20(13-11-17)33-19-8-4-3-5-9-19;1-2-20(30)28-14-6-7-17(15-28)29-23(25)21(24(26)31)22(27-29)16-10-12-19(13-11-16)32-18-8-4-3-5-9-18/h3-5,7-12,16,18,22H,13-15H2,1H3,(H2,27,28,29);2-5,8-13,16,18H,1,6-7,14-15H2,(H2,26,27,28);2-5,8-13,17H,1,6-7,14-15,25H2,(H2,26,31)/t18-,22?;18-;17-/m111/s1. The SMILES string of the molecule is C=CC(=O)N1CCC[C@@H](n2nc(-c3ccc(Oc4ccccc4)cc3)c(C(N)=O)c2N)C1.C=CC(=O)N1CCC[C@@H](n2nc(-c3ccc(Oc4ccccc4)cc3)c3c(N)ncnc32)C1.CC#CC(=O)N1CC[C@@H](N2C(=O)C(c3ccc(Oc4ccccc4)cc3)c3c(N)ncnc32)C1. The first kappa shape index (κ1) is 66.4. The average molecular weight is 1330 g/mol. The Morgan fingerprint density at radius 1 is 0.535 bits per heavy atom. The number of ether oxygens (including phenoxy) is 3. The number of anilines is 4. The Bertz CT molecular complexity index is 4670. The molecule has 24 nitrogen and oxygen atoms in total. The van der Waals surface area contributed by atoms with Gasteiger partial charge in [-0.25, -0.2) is 29.3 Å². The summed E-state index contributed by atoms with van der Waals surface area (Å²) in [5.41, 5.74) is 29.4. The average Bonchev–Trinajstić information content (AvgIpc) is 1.60. The number of benzene rings is 6. The second kappa shape index (κ2) is 30.0. The largest absolute Gasteiger partial charge is 0.457 e. The van der Waals surface area contributed by atoms with Crippen LogP contribution in [0.2, 0.25) is 0 Å². The number of fused-ring (bicyclic) bond motifs is 2. The number of piperidine rings is 2. The first-order chi connectivity index (χ1) is 48.2. The number of nitrogens with two attached hydrogens (primary N) is 4. The van der Waals surface area contributed by atoms with E-state index >= 15 is 0 Å². The molecule has 4 atom stereocenters. The Balaban J connectivity index is 0.000000141. The Kier molecular flexibility index (Phi) is 20.1. The zero-order valence-corrected chi connectivity index (χ0v) is 54.3. The molecule has 4 aliphatic heterocycles. The fraction of sp³-hybridized carbons (Fsp3) is 0.213. The van der Waals surface area contributed by atoms with Crippen molar-refractivity contribution >= 4 is 63.8 Å². The van der Waals surface area contributed by atoms with Gasteiger partial charge in [0.05, 0.1) is 35.0 Å². The minimum absolute atomic E-state index is 0.00566. The van der Waals surface area contributed by atoms with Crippen LogP contribution in [-0.2, 0) is 19.2 Å². The van der Waals surface area contributed by atoms with E-state index in [4.69, 9.17) is 42.2 Å². The third-order valence-electron chi connectivity index (χ3n) is 17.5. The van der Waals surface area contributed by atoms with Crippen LogP contribution < -0.4 is 42.0 Å². The fourth-order valence-corrected chi connectivity index (χ4v) is 12.8. The van der Waals surface area contributed by atoms with Gasteiger partial charge in [0, 0.05) is 50.4 Å². The molecule has 8 N–H and O–H groups in total. The molecule has 1 unspecified atom stereocenters. The second-order valence-corrected chi connectivity index (χ2v) is 23.8. The van der Waals surface area contributed by atoms with Crippen molar-refractivity contribution in [2.45, 2.75) is 63.1 Å². The van der Waals surface area contributed by atoms with Gasteiger partial charge in [-0.1, -0.05) is 85.8 Å². The highest BCUT2D eigenvalue weighted by atomic mass is 16.5. The van der Waals surface area contributed by atoms with Crippen molar-refractivity contribution in [1.82, 2.24) is 54.2 Å². The lowest BCUT2D eigenvalue weighted by Gasteiger charge is -2.32. The van der Waals surface area contributed by atoms with Crippen LogP contribution in [0.5, 0.6) is 34.5 Å². The van der Waals surface area contributed by atoms with Crippen molar-refractivity contribution in [3.05, 3.63) is 218 Å². The number of hydrogen-bond donors (Lipinski definition) is 4. The third-order valence-corrected chi connectivity index (χ3v) is 17.5. The Morgan fingerprint density at radius 2 is 1.00 bits per heavy atom. The maximum absolute atomic E-state index is 13.7. The second-order valence-electron chi connectivity index (χ2n) is 23.8. The normalized spacial score (nSPS) is 17.0. The smallest absolute Gasteiger partial charge is 0.298 e. The van der Waals surface area contributed by atoms with Crippen LogP contribution in [0.4, 0.5) is 23.3 Å². The van der Waals surface area contributed by atoms with E-state index in [1.165, 1.54) is 24.8 Å². The number of nitrogens with zero attached hydrogens (tertiary/aromatic N) is 12. The molecule has 6 aromatic carbocycles. The summed E-state index contributed by atoms with van der Waals surface area (Å²) in [5.74, 6) is 9.01. The van der Waals surface area contributed by atoms with Gasteiger partial charge in [-0.3, -0.25) is 28.9 Å². The lowest BCUT2D eigenvalue weighted by atomic mass is 9.93. The highest BCUT2D eigenvalue weighted by Crippen LogP contribution is 2.45. The molecule has 24 heteroatoms. The molecule has 0 saturated carbocycles. The van der Waals surface area contributed by atoms with E-state index in [0.717, 1.165) is 59.8 Å². The molecule has 4 aliphatic rings. The van der Waals surface area contributed by atoms with Crippen LogP contribution in [0.1, 0.15) is 78.5 Å². The fourth-order valence-electron chi connectivity index (χ4n) is 12.8. The van der Waals surface area contributed by atoms with E-state index in [1.54, 1.807) is 43.3 Å². The molecule has 500 valence electrons. The van der Waals surface area contributed by atoms with Crippen molar-refractivity contribution in [2.24, 2.45) is 5.73 Å². The van der Waals surface area contributed by atoms with Gasteiger partial charge in [-0.05, 0) is 160 Å². The number of likely N-dealkylation sites (tertiary alicyclic amines) is 3. The molecule has 3 fully saturated rings. The van der Waals surface area contributed by atoms with E-state index in [9.17, 15) is 24.0 Å². The van der Waals surface area contributed by atoms with E-state index in [1.807, 2.05) is 156 Å². The van der Waals surface area contributed by atoms with E-state index < -0.39 is 11.8 Å². The van der Waals surface area contributed by atoms with E-state index in [-0.39, 0.29) is 59.0 Å². The number of aromatic nitrogens is 8. The summed E-state index contributed by atoms with van der Waals surface area (Å²) >= 11 is 0. The molecule has 14 rings (SSSR count). The molecular weight excluding hydrogens is 1250 g/mol. The summed E-state index contributed by atoms with van der Waals surface area (Å²) in [6.45, 7) is 12.1. The lowest BCUT2D eigenvalue weighted by molar-refractivity contribution is -0.128. The minimum Gasteiger partial charge on any atom is -0.457 e. The monoisotopic (exact) mass is 1320 g/mol. The van der Waals surface area contributed by atoms with Gasteiger partial charge in [0.2, 0.25) is 17.7 Å². The summed E-state index contributed by atoms with van der Waals surface area (Å²) in [4.78, 5) is 86.5. The van der Waals surface area contributed by atoms with Crippen molar-refractivity contribution in [3.63, 3.8) is 0 Å². The zero-order chi connectivity index (χ0) is 69.1. The minimum atomic E-state index is -0.650. The molecule has 3 saturated heterocycles.